The lowest BCUT2D eigenvalue weighted by atomic mass is 9.78. The van der Waals surface area contributed by atoms with E-state index in [4.69, 9.17) is 0 Å². The summed E-state index contributed by atoms with van der Waals surface area (Å²) in [6.45, 7) is 6.78. The molecule has 0 aliphatic rings. The van der Waals surface area contributed by atoms with Crippen LogP contribution in [-0.4, -0.2) is 56.1 Å². The van der Waals surface area contributed by atoms with Crippen LogP contribution in [0.15, 0.2) is 0 Å². The van der Waals surface area contributed by atoms with Gasteiger partial charge in [0.15, 0.2) is 0 Å². The van der Waals surface area contributed by atoms with Gasteiger partial charge in [0, 0.05) is 33.1 Å². The monoisotopic (exact) mass is 225 g/mol. The van der Waals surface area contributed by atoms with E-state index in [1.165, 1.54) is 0 Å². The summed E-state index contributed by atoms with van der Waals surface area (Å²) in [5, 5.41) is 0. The van der Waals surface area contributed by atoms with Gasteiger partial charge in [-0.2, -0.15) is 0 Å². The van der Waals surface area contributed by atoms with Crippen LogP contribution in [0.4, 0.5) is 0 Å². The van der Waals surface area contributed by atoms with Gasteiger partial charge in [-0.05, 0) is 6.32 Å². The Kier molecular flexibility index (Phi) is 6.85. The summed E-state index contributed by atoms with van der Waals surface area (Å²) in [5.41, 5.74) is 0. The molecule has 0 heterocycles. The van der Waals surface area contributed by atoms with Gasteiger partial charge in [-0.1, -0.05) is 20.7 Å². The Balaban J connectivity index is 3.96. The van der Waals surface area contributed by atoms with E-state index in [1.54, 1.807) is 23.9 Å². The molecule has 5 heteroatoms. The van der Waals surface area contributed by atoms with Crippen molar-refractivity contribution >= 4 is 19.1 Å². The molecule has 1 radical (unpaired) electrons. The molecule has 0 spiro atoms. The molecule has 91 valence electrons. The second-order valence-electron chi connectivity index (χ2n) is 4.34. The Morgan fingerprint density at radius 2 is 1.62 bits per heavy atom. The van der Waals surface area contributed by atoms with E-state index < -0.39 is 0 Å². The molecule has 4 nitrogen and oxygen atoms in total. The van der Waals surface area contributed by atoms with E-state index in [1.807, 2.05) is 28.0 Å². The van der Waals surface area contributed by atoms with Gasteiger partial charge in [-0.15, -0.1) is 0 Å². The molecule has 0 bridgehead atoms. The van der Waals surface area contributed by atoms with Crippen LogP contribution in [0.25, 0.3) is 0 Å². The molecule has 0 fully saturated rings. The minimum absolute atomic E-state index is 0.00924. The van der Waals surface area contributed by atoms with Gasteiger partial charge in [0.2, 0.25) is 11.8 Å². The number of carbonyl (C=O) groups excluding carboxylic acids is 2. The zero-order valence-corrected chi connectivity index (χ0v) is 11.0. The first-order valence-corrected chi connectivity index (χ1v) is 5.66. The van der Waals surface area contributed by atoms with Gasteiger partial charge in [-0.3, -0.25) is 9.59 Å². The number of rotatable bonds is 6. The van der Waals surface area contributed by atoms with Crippen molar-refractivity contribution in [2.24, 2.45) is 5.92 Å². The number of hydrogen-bond acceptors (Lipinski definition) is 2. The molecule has 0 aromatic rings. The summed E-state index contributed by atoms with van der Waals surface area (Å²) in [7, 11) is 5.37. The van der Waals surface area contributed by atoms with Crippen LogP contribution in [0.1, 0.15) is 13.8 Å². The lowest BCUT2D eigenvalue weighted by molar-refractivity contribution is -0.134. The Hall–Kier alpha value is -0.995. The van der Waals surface area contributed by atoms with E-state index in [0.717, 1.165) is 0 Å². The Labute approximate surface area is 99.2 Å². The van der Waals surface area contributed by atoms with Crippen molar-refractivity contribution in [2.45, 2.75) is 27.0 Å². The van der Waals surface area contributed by atoms with Crippen LogP contribution in [0, 0.1) is 5.92 Å². The Morgan fingerprint density at radius 1 is 1.12 bits per heavy atom. The smallest absolute Gasteiger partial charge is 0.224 e. The largest absolute Gasteiger partial charge is 0.345 e. The van der Waals surface area contributed by atoms with Crippen LogP contribution in [0.3, 0.4) is 0 Å². The molecular formula is C11H22BN2O2. The first-order valence-electron chi connectivity index (χ1n) is 5.66. The third kappa shape index (κ3) is 5.19. The van der Waals surface area contributed by atoms with E-state index in [-0.39, 0.29) is 17.7 Å². The molecule has 0 atom stereocenters. The quantitative estimate of drug-likeness (QED) is 0.625. The lowest BCUT2D eigenvalue weighted by Crippen LogP contribution is -2.38. The van der Waals surface area contributed by atoms with Crippen molar-refractivity contribution in [2.75, 3.05) is 27.2 Å². The van der Waals surface area contributed by atoms with Crippen LogP contribution in [0.5, 0.6) is 0 Å². The topological polar surface area (TPSA) is 40.6 Å². The minimum atomic E-state index is 0.00924. The SMILES string of the molecule is C[B]CC(=O)N(C)CCN(C)C(=O)C(C)C. The second kappa shape index (κ2) is 7.31. The first kappa shape index (κ1) is 15.0. The fourth-order valence-electron chi connectivity index (χ4n) is 1.31. The molecule has 0 saturated heterocycles. The Morgan fingerprint density at radius 3 is 2.06 bits per heavy atom. The van der Waals surface area contributed by atoms with E-state index in [9.17, 15) is 9.59 Å². The standard InChI is InChI=1S/C11H22BN2O2/c1-9(2)11(16)14(5)7-6-13(4)10(15)8-12-3/h9H,6-8H2,1-5H3. The van der Waals surface area contributed by atoms with E-state index in [2.05, 4.69) is 0 Å². The molecule has 0 aromatic heterocycles. The maximum absolute atomic E-state index is 11.6. The Bertz CT molecular complexity index is 244. The molecule has 0 N–H and O–H groups in total. The fourth-order valence-corrected chi connectivity index (χ4v) is 1.31. The van der Waals surface area contributed by atoms with Gasteiger partial charge in [-0.25, -0.2) is 0 Å². The molecule has 0 aliphatic carbocycles. The van der Waals surface area contributed by atoms with Crippen molar-refractivity contribution < 1.29 is 9.59 Å². The average Bonchev–Trinajstić information content (AvgIpc) is 2.24. The summed E-state index contributed by atoms with van der Waals surface area (Å²) in [6.07, 6.45) is 0.457. The van der Waals surface area contributed by atoms with Crippen molar-refractivity contribution in [1.29, 1.82) is 0 Å². The zero-order chi connectivity index (χ0) is 12.7. The summed E-state index contributed by atoms with van der Waals surface area (Å²) in [5.74, 6) is 0.214. The van der Waals surface area contributed by atoms with Gasteiger partial charge < -0.3 is 9.80 Å². The van der Waals surface area contributed by atoms with Crippen molar-refractivity contribution in [3.63, 3.8) is 0 Å². The van der Waals surface area contributed by atoms with Crippen LogP contribution in [-0.2, 0) is 9.59 Å². The number of amides is 2. The number of carbonyl (C=O) groups is 2. The third-order valence-electron chi connectivity index (χ3n) is 2.45. The van der Waals surface area contributed by atoms with Gasteiger partial charge >= 0.3 is 0 Å². The molecule has 0 saturated carbocycles. The molecule has 0 aliphatic heterocycles. The maximum atomic E-state index is 11.6. The van der Waals surface area contributed by atoms with Crippen LogP contribution in [0.2, 0.25) is 13.1 Å². The highest BCUT2D eigenvalue weighted by Gasteiger charge is 2.14. The second-order valence-corrected chi connectivity index (χ2v) is 4.34. The number of likely N-dealkylation sites (N-methyl/N-ethyl adjacent to an activating group) is 2. The highest BCUT2D eigenvalue weighted by Crippen LogP contribution is 1.99. The molecule has 0 rings (SSSR count). The summed E-state index contributed by atoms with van der Waals surface area (Å²) < 4.78 is 0. The molecular weight excluding hydrogens is 203 g/mol. The first-order chi connectivity index (χ1) is 7.40. The van der Waals surface area contributed by atoms with Gasteiger partial charge in [0.25, 0.3) is 0 Å². The van der Waals surface area contributed by atoms with Crippen molar-refractivity contribution in [1.82, 2.24) is 9.80 Å². The predicted molar refractivity (Wildman–Crippen MR) is 66.5 cm³/mol. The molecule has 0 aromatic carbocycles. The van der Waals surface area contributed by atoms with Crippen molar-refractivity contribution in [3.05, 3.63) is 0 Å². The van der Waals surface area contributed by atoms with Gasteiger partial charge in [0.1, 0.15) is 7.28 Å². The van der Waals surface area contributed by atoms with Crippen LogP contribution >= 0.6 is 0 Å². The number of nitrogens with zero attached hydrogens (tertiary/aromatic N) is 2. The fraction of sp³-hybridized carbons (Fsp3) is 0.818. The average molecular weight is 225 g/mol. The predicted octanol–water partition coefficient (Wildman–Crippen LogP) is 0.730. The van der Waals surface area contributed by atoms with Crippen molar-refractivity contribution in [3.8, 4) is 0 Å². The highest BCUT2D eigenvalue weighted by atomic mass is 16.2. The molecule has 2 amide bonds. The van der Waals surface area contributed by atoms with Crippen LogP contribution < -0.4 is 0 Å². The molecule has 16 heavy (non-hydrogen) atoms. The minimum Gasteiger partial charge on any atom is -0.345 e. The van der Waals surface area contributed by atoms with E-state index in [0.29, 0.717) is 19.4 Å². The normalized spacial score (nSPS) is 10.1. The highest BCUT2D eigenvalue weighted by molar-refractivity contribution is 6.39. The van der Waals surface area contributed by atoms with Gasteiger partial charge in [0.05, 0.1) is 0 Å². The maximum Gasteiger partial charge on any atom is 0.224 e. The summed E-state index contributed by atoms with van der Waals surface area (Å²) in [6, 6.07) is 0. The van der Waals surface area contributed by atoms with E-state index >= 15 is 0 Å². The third-order valence-corrected chi connectivity index (χ3v) is 2.45. The zero-order valence-electron chi connectivity index (χ0n) is 11.0. The summed E-state index contributed by atoms with van der Waals surface area (Å²) in [4.78, 5) is 26.3. The summed E-state index contributed by atoms with van der Waals surface area (Å²) >= 11 is 0. The number of hydrogen-bond donors (Lipinski definition) is 0. The lowest BCUT2D eigenvalue weighted by Gasteiger charge is -2.23. The molecule has 0 unspecified atom stereocenters.